The van der Waals surface area contributed by atoms with Crippen molar-refractivity contribution < 1.29 is 9.53 Å². The molecule has 0 N–H and O–H groups in total. The molecule has 1 aliphatic heterocycles. The Morgan fingerprint density at radius 3 is 3.06 bits per heavy atom. The maximum Gasteiger partial charge on any atom is 0.141 e. The topological polar surface area (TPSA) is 29.5 Å². The van der Waals surface area contributed by atoms with Gasteiger partial charge in [0, 0.05) is 13.5 Å². The highest BCUT2D eigenvalue weighted by Gasteiger charge is 2.26. The second-order valence-electron chi connectivity index (χ2n) is 5.39. The van der Waals surface area contributed by atoms with Gasteiger partial charge in [-0.2, -0.15) is 0 Å². The van der Waals surface area contributed by atoms with Crippen molar-refractivity contribution in [2.24, 2.45) is 5.92 Å². The molecule has 2 rings (SSSR count). The Hall–Kier alpha value is -1.25. The molecule has 18 heavy (non-hydrogen) atoms. The molecule has 1 saturated heterocycles. The molecule has 3 nitrogen and oxygen atoms in total. The number of morpholine rings is 1. The monoisotopic (exact) mass is 249 g/mol. The van der Waals surface area contributed by atoms with Gasteiger partial charge < -0.3 is 14.4 Å². The normalized spacial score (nSPS) is 21.1. The van der Waals surface area contributed by atoms with E-state index in [0.29, 0.717) is 12.3 Å². The molecule has 0 aromatic carbocycles. The van der Waals surface area contributed by atoms with E-state index in [4.69, 9.17) is 4.74 Å². The molecule has 100 valence electrons. The summed E-state index contributed by atoms with van der Waals surface area (Å²) in [5, 5.41) is 0. The van der Waals surface area contributed by atoms with Gasteiger partial charge in [0.25, 0.3) is 0 Å². The number of carbonyl (C=O) groups excluding carboxylic acids is 1. The lowest BCUT2D eigenvalue weighted by Gasteiger charge is -2.35. The molecule has 1 fully saturated rings. The number of carbonyl (C=O) groups is 1. The average Bonchev–Trinajstić information content (AvgIpc) is 2.36. The molecule has 1 atom stereocenters. The van der Waals surface area contributed by atoms with Gasteiger partial charge in [-0.05, 0) is 37.7 Å². The van der Waals surface area contributed by atoms with Crippen LogP contribution >= 0.6 is 0 Å². The quantitative estimate of drug-likeness (QED) is 0.767. The van der Waals surface area contributed by atoms with Crippen LogP contribution in [-0.4, -0.2) is 30.9 Å². The van der Waals surface area contributed by atoms with Gasteiger partial charge in [-0.15, -0.1) is 0 Å². The van der Waals surface area contributed by atoms with Crippen molar-refractivity contribution in [1.82, 2.24) is 4.90 Å². The Morgan fingerprint density at radius 2 is 2.33 bits per heavy atom. The van der Waals surface area contributed by atoms with Crippen LogP contribution < -0.4 is 0 Å². The van der Waals surface area contributed by atoms with Gasteiger partial charge in [0.2, 0.25) is 0 Å². The Morgan fingerprint density at radius 1 is 1.56 bits per heavy atom. The number of hydrogen-bond acceptors (Lipinski definition) is 3. The van der Waals surface area contributed by atoms with Gasteiger partial charge in [0.15, 0.2) is 0 Å². The summed E-state index contributed by atoms with van der Waals surface area (Å²) >= 11 is 0. The number of hydrogen-bond donors (Lipinski definition) is 0. The highest BCUT2D eigenvalue weighted by atomic mass is 16.5. The maximum atomic E-state index is 11.1. The van der Waals surface area contributed by atoms with Crippen LogP contribution in [-0.2, 0) is 9.53 Å². The smallest absolute Gasteiger partial charge is 0.141 e. The van der Waals surface area contributed by atoms with E-state index in [0.717, 1.165) is 38.2 Å². The molecule has 0 saturated carbocycles. The molecule has 0 bridgehead atoms. The number of allylic oxidation sites excluding steroid dienone is 2. The van der Waals surface area contributed by atoms with E-state index in [1.54, 1.807) is 6.92 Å². The molecule has 0 amide bonds. The average molecular weight is 249 g/mol. The first-order valence-electron chi connectivity index (χ1n) is 6.86. The summed E-state index contributed by atoms with van der Waals surface area (Å²) < 4.78 is 5.88. The van der Waals surface area contributed by atoms with E-state index in [1.807, 2.05) is 0 Å². The Bertz CT molecular complexity index is 395. The third-order valence-electron chi connectivity index (χ3n) is 3.88. The minimum absolute atomic E-state index is 0.278. The van der Waals surface area contributed by atoms with E-state index in [1.165, 1.54) is 11.3 Å². The molecule has 2 aliphatic rings. The van der Waals surface area contributed by atoms with E-state index in [-0.39, 0.29) is 5.78 Å². The third-order valence-corrected chi connectivity index (χ3v) is 3.88. The number of rotatable bonds is 4. The molecular formula is C15H23NO2. The van der Waals surface area contributed by atoms with E-state index < -0.39 is 0 Å². The van der Waals surface area contributed by atoms with Gasteiger partial charge >= 0.3 is 0 Å². The van der Waals surface area contributed by atoms with Crippen molar-refractivity contribution in [2.75, 3.05) is 20.2 Å². The van der Waals surface area contributed by atoms with Gasteiger partial charge in [-0.25, -0.2) is 0 Å². The fourth-order valence-electron chi connectivity index (χ4n) is 2.70. The van der Waals surface area contributed by atoms with Crippen molar-refractivity contribution in [3.8, 4) is 0 Å². The Kier molecular flexibility index (Phi) is 4.10. The number of Topliss-reactive ketones (excluding diaryl/α,β-unsaturated/α-hetero) is 1. The first-order valence-corrected chi connectivity index (χ1v) is 6.86. The molecule has 0 aromatic rings. The van der Waals surface area contributed by atoms with E-state index in [9.17, 15) is 4.79 Å². The lowest BCUT2D eigenvalue weighted by Crippen LogP contribution is -2.32. The number of ether oxygens (including phenoxy) is 1. The largest absolute Gasteiger partial charge is 0.490 e. The lowest BCUT2D eigenvalue weighted by molar-refractivity contribution is -0.117. The Balaban J connectivity index is 2.14. The van der Waals surface area contributed by atoms with Crippen LogP contribution in [0.15, 0.2) is 23.1 Å². The summed E-state index contributed by atoms with van der Waals surface area (Å²) in [7, 11) is 2.12. The molecule has 0 aromatic heterocycles. The Labute approximate surface area is 109 Å². The van der Waals surface area contributed by atoms with Crippen molar-refractivity contribution in [3.63, 3.8) is 0 Å². The summed E-state index contributed by atoms with van der Waals surface area (Å²) in [6, 6.07) is 0. The van der Waals surface area contributed by atoms with E-state index >= 15 is 0 Å². The molecule has 0 radical (unpaired) electrons. The zero-order chi connectivity index (χ0) is 13.1. The zero-order valence-corrected chi connectivity index (χ0v) is 11.7. The SMILES string of the molecule is CC(=O)CCC(C)C1=C2OCCN(C)C2=CCC1. The highest BCUT2D eigenvalue weighted by molar-refractivity contribution is 5.75. The summed E-state index contributed by atoms with van der Waals surface area (Å²) in [4.78, 5) is 13.4. The van der Waals surface area contributed by atoms with Crippen molar-refractivity contribution in [1.29, 1.82) is 0 Å². The van der Waals surface area contributed by atoms with Crippen molar-refractivity contribution in [2.45, 2.75) is 39.5 Å². The standard InChI is InChI=1S/C15H23NO2/c1-11(7-8-12(2)17)13-5-4-6-14-15(13)18-10-9-16(14)3/h6,11H,4-5,7-10H2,1-3H3. The van der Waals surface area contributed by atoms with Crippen LogP contribution in [0.5, 0.6) is 0 Å². The first kappa shape index (κ1) is 13.2. The molecule has 0 spiro atoms. The van der Waals surface area contributed by atoms with Crippen molar-refractivity contribution in [3.05, 3.63) is 23.1 Å². The fraction of sp³-hybridized carbons (Fsp3) is 0.667. The number of fused-ring (bicyclic) bond motifs is 1. The van der Waals surface area contributed by atoms with Gasteiger partial charge in [0.05, 0.1) is 12.2 Å². The number of likely N-dealkylation sites (N-methyl/N-ethyl adjacent to an activating group) is 1. The van der Waals surface area contributed by atoms with Crippen molar-refractivity contribution >= 4 is 5.78 Å². The van der Waals surface area contributed by atoms with Crippen LogP contribution in [0.25, 0.3) is 0 Å². The second-order valence-corrected chi connectivity index (χ2v) is 5.39. The zero-order valence-electron chi connectivity index (χ0n) is 11.7. The molecule has 3 heteroatoms. The summed E-state index contributed by atoms with van der Waals surface area (Å²) in [5.41, 5.74) is 2.65. The van der Waals surface area contributed by atoms with Gasteiger partial charge in [-0.1, -0.05) is 13.0 Å². The van der Waals surface area contributed by atoms with E-state index in [2.05, 4.69) is 24.9 Å². The molecular weight excluding hydrogens is 226 g/mol. The van der Waals surface area contributed by atoms with Crippen LogP contribution in [0.1, 0.15) is 39.5 Å². The van der Waals surface area contributed by atoms with Crippen LogP contribution in [0.2, 0.25) is 0 Å². The minimum Gasteiger partial charge on any atom is -0.490 e. The summed E-state index contributed by atoms with van der Waals surface area (Å²) in [6.07, 6.45) is 6.05. The highest BCUT2D eigenvalue weighted by Crippen LogP contribution is 2.35. The third kappa shape index (κ3) is 2.77. The number of ketones is 1. The predicted octanol–water partition coefficient (Wildman–Crippen LogP) is 2.89. The van der Waals surface area contributed by atoms with Crippen LogP contribution in [0.4, 0.5) is 0 Å². The van der Waals surface area contributed by atoms with Crippen LogP contribution in [0, 0.1) is 5.92 Å². The molecule has 1 unspecified atom stereocenters. The second kappa shape index (κ2) is 5.59. The first-order chi connectivity index (χ1) is 8.59. The predicted molar refractivity (Wildman–Crippen MR) is 72.0 cm³/mol. The summed E-state index contributed by atoms with van der Waals surface area (Å²) in [5.74, 6) is 1.81. The summed E-state index contributed by atoms with van der Waals surface area (Å²) in [6.45, 7) is 5.62. The maximum absolute atomic E-state index is 11.1. The minimum atomic E-state index is 0.278. The number of nitrogens with zero attached hydrogens (tertiary/aromatic N) is 1. The van der Waals surface area contributed by atoms with Gasteiger partial charge in [-0.3, -0.25) is 0 Å². The van der Waals surface area contributed by atoms with Gasteiger partial charge in [0.1, 0.15) is 18.1 Å². The fourth-order valence-corrected chi connectivity index (χ4v) is 2.70. The van der Waals surface area contributed by atoms with Crippen LogP contribution in [0.3, 0.4) is 0 Å². The lowest BCUT2D eigenvalue weighted by atomic mass is 9.87. The molecule has 1 aliphatic carbocycles. The molecule has 1 heterocycles.